The Balaban J connectivity index is 1.80. The molecule has 0 spiro atoms. The Kier molecular flexibility index (Phi) is 3.69. The first-order valence-electron chi connectivity index (χ1n) is 7.02. The number of piperidine rings is 1. The van der Waals surface area contributed by atoms with Crippen LogP contribution in [0.25, 0.3) is 0 Å². The van der Waals surface area contributed by atoms with Crippen molar-refractivity contribution in [1.82, 2.24) is 9.97 Å². The zero-order valence-corrected chi connectivity index (χ0v) is 11.4. The van der Waals surface area contributed by atoms with Crippen LogP contribution in [0.3, 0.4) is 0 Å². The lowest BCUT2D eigenvalue weighted by molar-refractivity contribution is 0.242. The third-order valence-electron chi connectivity index (χ3n) is 4.37. The van der Waals surface area contributed by atoms with Crippen LogP contribution >= 0.6 is 11.6 Å². The summed E-state index contributed by atoms with van der Waals surface area (Å²) in [5.41, 5.74) is 0.859. The van der Waals surface area contributed by atoms with E-state index in [-0.39, 0.29) is 0 Å². The highest BCUT2D eigenvalue weighted by Crippen LogP contribution is 2.36. The minimum absolute atomic E-state index is 0.444. The van der Waals surface area contributed by atoms with Crippen molar-refractivity contribution in [3.63, 3.8) is 0 Å². The molecule has 0 amide bonds. The number of aromatic nitrogens is 2. The number of alkyl halides is 1. The third-order valence-corrected chi connectivity index (χ3v) is 4.64. The van der Waals surface area contributed by atoms with E-state index in [4.69, 9.17) is 11.6 Å². The number of halogens is 1. The molecule has 2 heterocycles. The summed E-state index contributed by atoms with van der Waals surface area (Å²) in [4.78, 5) is 11.4. The van der Waals surface area contributed by atoms with Crippen molar-refractivity contribution in [1.29, 1.82) is 0 Å². The first-order chi connectivity index (χ1) is 8.88. The fourth-order valence-corrected chi connectivity index (χ4v) is 3.61. The maximum Gasteiger partial charge on any atom is 0.147 e. The van der Waals surface area contributed by atoms with Crippen LogP contribution in [0.5, 0.6) is 0 Å². The molecule has 0 N–H and O–H groups in total. The van der Waals surface area contributed by atoms with E-state index in [1.165, 1.54) is 38.5 Å². The molecule has 1 saturated heterocycles. The molecule has 18 heavy (non-hydrogen) atoms. The predicted molar refractivity (Wildman–Crippen MR) is 73.9 cm³/mol. The van der Waals surface area contributed by atoms with Gasteiger partial charge in [0.05, 0.1) is 24.0 Å². The molecular weight excluding hydrogens is 246 g/mol. The molecule has 2 aliphatic rings. The normalized spacial score (nSPS) is 27.9. The van der Waals surface area contributed by atoms with Crippen LogP contribution in [0.1, 0.15) is 44.2 Å². The first kappa shape index (κ1) is 12.2. The molecule has 2 atom stereocenters. The second-order valence-electron chi connectivity index (χ2n) is 5.45. The molecule has 0 aromatic carbocycles. The predicted octanol–water partition coefficient (Wildman–Crippen LogP) is 3.37. The Morgan fingerprint density at radius 1 is 1.11 bits per heavy atom. The summed E-state index contributed by atoms with van der Waals surface area (Å²) in [6, 6.07) is 0.698. The molecule has 1 aliphatic carbocycles. The van der Waals surface area contributed by atoms with E-state index in [1.54, 1.807) is 0 Å². The van der Waals surface area contributed by atoms with Crippen molar-refractivity contribution < 1.29 is 0 Å². The zero-order chi connectivity index (χ0) is 12.4. The van der Waals surface area contributed by atoms with Gasteiger partial charge in [-0.05, 0) is 31.6 Å². The van der Waals surface area contributed by atoms with Crippen molar-refractivity contribution >= 4 is 17.4 Å². The first-order valence-corrected chi connectivity index (χ1v) is 7.55. The fourth-order valence-electron chi connectivity index (χ4n) is 3.47. The molecule has 0 radical (unpaired) electrons. The summed E-state index contributed by atoms with van der Waals surface area (Å²) in [6.07, 6.45) is 11.9. The maximum atomic E-state index is 5.76. The molecule has 1 aliphatic heterocycles. The van der Waals surface area contributed by atoms with E-state index in [9.17, 15) is 0 Å². The summed E-state index contributed by atoms with van der Waals surface area (Å²) in [5.74, 6) is 2.36. The number of anilines is 1. The third kappa shape index (κ3) is 2.33. The molecular formula is C14H20ClN3. The quantitative estimate of drug-likeness (QED) is 0.768. The average molecular weight is 266 g/mol. The number of hydrogen-bond donors (Lipinski definition) is 0. The van der Waals surface area contributed by atoms with Gasteiger partial charge in [-0.15, -0.1) is 11.6 Å². The number of fused-ring (bicyclic) bond motifs is 1. The Labute approximate surface area is 114 Å². The molecule has 1 aromatic heterocycles. The van der Waals surface area contributed by atoms with Gasteiger partial charge in [0, 0.05) is 12.6 Å². The number of nitrogens with zero attached hydrogens (tertiary/aromatic N) is 3. The molecule has 0 unspecified atom stereocenters. The van der Waals surface area contributed by atoms with Gasteiger partial charge in [0.15, 0.2) is 0 Å². The smallest absolute Gasteiger partial charge is 0.147 e. The minimum Gasteiger partial charge on any atom is -0.352 e. The lowest BCUT2D eigenvalue weighted by Crippen LogP contribution is -2.47. The molecule has 2 fully saturated rings. The summed E-state index contributed by atoms with van der Waals surface area (Å²) < 4.78 is 0. The molecule has 3 nitrogen and oxygen atoms in total. The van der Waals surface area contributed by atoms with Crippen LogP contribution in [0.4, 0.5) is 5.82 Å². The molecule has 98 valence electrons. The van der Waals surface area contributed by atoms with Gasteiger partial charge >= 0.3 is 0 Å². The Morgan fingerprint density at radius 3 is 2.72 bits per heavy atom. The van der Waals surface area contributed by atoms with Crippen molar-refractivity contribution in [2.75, 3.05) is 11.4 Å². The van der Waals surface area contributed by atoms with Crippen molar-refractivity contribution in [3.05, 3.63) is 18.1 Å². The van der Waals surface area contributed by atoms with Crippen LogP contribution < -0.4 is 4.90 Å². The number of hydrogen-bond acceptors (Lipinski definition) is 3. The van der Waals surface area contributed by atoms with Gasteiger partial charge in [0.2, 0.25) is 0 Å². The van der Waals surface area contributed by atoms with E-state index in [0.717, 1.165) is 24.0 Å². The molecule has 1 saturated carbocycles. The van der Waals surface area contributed by atoms with Gasteiger partial charge < -0.3 is 4.90 Å². The summed E-state index contributed by atoms with van der Waals surface area (Å²) in [6.45, 7) is 1.13. The van der Waals surface area contributed by atoms with E-state index in [2.05, 4.69) is 14.9 Å². The molecule has 0 bridgehead atoms. The summed E-state index contributed by atoms with van der Waals surface area (Å²) in [7, 11) is 0. The van der Waals surface area contributed by atoms with E-state index in [1.807, 2.05) is 12.4 Å². The average Bonchev–Trinajstić information content (AvgIpc) is 2.47. The van der Waals surface area contributed by atoms with Crippen LogP contribution in [-0.4, -0.2) is 22.6 Å². The van der Waals surface area contributed by atoms with Gasteiger partial charge in [-0.3, -0.25) is 4.98 Å². The van der Waals surface area contributed by atoms with E-state index in [0.29, 0.717) is 11.9 Å². The Hall–Kier alpha value is -0.830. The second-order valence-corrected chi connectivity index (χ2v) is 5.71. The van der Waals surface area contributed by atoms with Crippen molar-refractivity contribution in [2.24, 2.45) is 5.92 Å². The van der Waals surface area contributed by atoms with Gasteiger partial charge in [-0.25, -0.2) is 4.98 Å². The zero-order valence-electron chi connectivity index (χ0n) is 10.7. The largest absolute Gasteiger partial charge is 0.352 e. The highest BCUT2D eigenvalue weighted by molar-refractivity contribution is 6.16. The summed E-state index contributed by atoms with van der Waals surface area (Å²) >= 11 is 5.76. The Morgan fingerprint density at radius 2 is 1.94 bits per heavy atom. The SMILES string of the molecule is ClCc1cnc(N2CCC[C@H]3CCCC[C@H]32)cn1. The van der Waals surface area contributed by atoms with Crippen molar-refractivity contribution in [2.45, 2.75) is 50.4 Å². The second kappa shape index (κ2) is 5.43. The van der Waals surface area contributed by atoms with Crippen LogP contribution in [0, 0.1) is 5.92 Å². The Bertz CT molecular complexity index is 391. The fraction of sp³-hybridized carbons (Fsp3) is 0.714. The molecule has 4 heteroatoms. The van der Waals surface area contributed by atoms with E-state index < -0.39 is 0 Å². The lowest BCUT2D eigenvalue weighted by atomic mass is 9.78. The van der Waals surface area contributed by atoms with Crippen LogP contribution in [0.15, 0.2) is 12.4 Å². The minimum atomic E-state index is 0.444. The summed E-state index contributed by atoms with van der Waals surface area (Å²) in [5, 5.41) is 0. The van der Waals surface area contributed by atoms with Gasteiger partial charge in [0.1, 0.15) is 5.82 Å². The molecule has 1 aromatic rings. The highest BCUT2D eigenvalue weighted by Gasteiger charge is 2.33. The van der Waals surface area contributed by atoms with Gasteiger partial charge in [-0.2, -0.15) is 0 Å². The maximum absolute atomic E-state index is 5.76. The highest BCUT2D eigenvalue weighted by atomic mass is 35.5. The number of rotatable bonds is 2. The topological polar surface area (TPSA) is 29.0 Å². The standard InChI is InChI=1S/C14H20ClN3/c15-8-12-9-17-14(10-16-12)18-7-3-5-11-4-1-2-6-13(11)18/h9-11,13H,1-8H2/t11-,13-/m1/s1. The monoisotopic (exact) mass is 265 g/mol. The van der Waals surface area contributed by atoms with Gasteiger partial charge in [0.25, 0.3) is 0 Å². The van der Waals surface area contributed by atoms with Crippen LogP contribution in [-0.2, 0) is 5.88 Å². The van der Waals surface area contributed by atoms with Crippen molar-refractivity contribution in [3.8, 4) is 0 Å². The van der Waals surface area contributed by atoms with Crippen LogP contribution in [0.2, 0.25) is 0 Å². The molecule has 3 rings (SSSR count). The lowest BCUT2D eigenvalue weighted by Gasteiger charge is -2.44. The van der Waals surface area contributed by atoms with Gasteiger partial charge in [-0.1, -0.05) is 12.8 Å². The van der Waals surface area contributed by atoms with E-state index >= 15 is 0 Å².